The smallest absolute Gasteiger partial charge is 0.269 e. The molecular formula is C12H11N3O. The van der Waals surface area contributed by atoms with Crippen LogP contribution in [0.15, 0.2) is 41.0 Å². The van der Waals surface area contributed by atoms with Crippen LogP contribution in [-0.2, 0) is 11.2 Å². The summed E-state index contributed by atoms with van der Waals surface area (Å²) in [5.74, 6) is -0.451. The second-order valence-corrected chi connectivity index (χ2v) is 3.86. The molecule has 2 aliphatic rings. The van der Waals surface area contributed by atoms with Gasteiger partial charge in [-0.1, -0.05) is 24.3 Å². The molecule has 80 valence electrons. The van der Waals surface area contributed by atoms with Gasteiger partial charge in [-0.25, -0.2) is 0 Å². The summed E-state index contributed by atoms with van der Waals surface area (Å²) in [4.78, 5) is 17.4. The molecule has 1 aromatic rings. The minimum atomic E-state index is -0.451. The van der Waals surface area contributed by atoms with E-state index >= 15 is 0 Å². The monoisotopic (exact) mass is 213 g/mol. The Morgan fingerprint density at radius 3 is 3.00 bits per heavy atom. The zero-order valence-electron chi connectivity index (χ0n) is 8.68. The van der Waals surface area contributed by atoms with Gasteiger partial charge in [-0.2, -0.15) is 0 Å². The number of nitrogens with two attached hydrogens (primary N) is 1. The van der Waals surface area contributed by atoms with E-state index in [1.165, 1.54) is 5.56 Å². The number of rotatable bonds is 1. The summed E-state index contributed by atoms with van der Waals surface area (Å²) < 4.78 is 0. The van der Waals surface area contributed by atoms with E-state index in [-0.39, 0.29) is 0 Å². The molecule has 0 aliphatic carbocycles. The normalized spacial score (nSPS) is 17.4. The summed E-state index contributed by atoms with van der Waals surface area (Å²) in [7, 11) is 0. The maximum atomic E-state index is 11.2. The first-order valence-corrected chi connectivity index (χ1v) is 5.17. The topological polar surface area (TPSA) is 58.7 Å². The highest BCUT2D eigenvalue weighted by atomic mass is 16.1. The number of carbonyl (C=O) groups is 1. The fourth-order valence-electron chi connectivity index (χ4n) is 2.20. The van der Waals surface area contributed by atoms with Crippen LogP contribution < -0.4 is 10.6 Å². The quantitative estimate of drug-likeness (QED) is 0.751. The van der Waals surface area contributed by atoms with Crippen molar-refractivity contribution in [3.63, 3.8) is 0 Å². The van der Waals surface area contributed by atoms with Crippen LogP contribution in [0.5, 0.6) is 0 Å². The molecule has 2 N–H and O–H groups in total. The summed E-state index contributed by atoms with van der Waals surface area (Å²) in [5, 5.41) is 0. The predicted octanol–water partition coefficient (Wildman–Crippen LogP) is 0.830. The molecule has 0 spiro atoms. The lowest BCUT2D eigenvalue weighted by molar-refractivity contribution is -0.111. The zero-order chi connectivity index (χ0) is 11.1. The lowest BCUT2D eigenvalue weighted by atomic mass is 10.0. The zero-order valence-corrected chi connectivity index (χ0v) is 8.68. The Morgan fingerprint density at radius 2 is 2.19 bits per heavy atom. The first-order valence-electron chi connectivity index (χ1n) is 5.17. The lowest BCUT2D eigenvalue weighted by Crippen LogP contribution is -2.30. The van der Waals surface area contributed by atoms with Gasteiger partial charge in [0, 0.05) is 5.69 Å². The first-order chi connectivity index (χ1) is 7.77. The Labute approximate surface area is 93.1 Å². The Kier molecular flexibility index (Phi) is 1.83. The van der Waals surface area contributed by atoms with Crippen LogP contribution in [0.25, 0.3) is 0 Å². The van der Waals surface area contributed by atoms with E-state index in [9.17, 15) is 4.79 Å². The minimum absolute atomic E-state index is 0.398. The third-order valence-corrected chi connectivity index (χ3v) is 2.93. The molecule has 4 heteroatoms. The van der Waals surface area contributed by atoms with Crippen molar-refractivity contribution in [2.75, 3.05) is 11.6 Å². The van der Waals surface area contributed by atoms with Crippen molar-refractivity contribution < 1.29 is 4.79 Å². The molecule has 16 heavy (non-hydrogen) atoms. The average molecular weight is 213 g/mol. The largest absolute Gasteiger partial charge is 0.364 e. The Bertz CT molecular complexity index is 531. The Morgan fingerprint density at radius 1 is 1.38 bits per heavy atom. The maximum absolute atomic E-state index is 11.2. The highest BCUT2D eigenvalue weighted by molar-refractivity contribution is 6.46. The molecule has 0 aromatic heterocycles. The van der Waals surface area contributed by atoms with Crippen molar-refractivity contribution in [1.82, 2.24) is 0 Å². The molecule has 2 heterocycles. The van der Waals surface area contributed by atoms with Crippen LogP contribution in [0.2, 0.25) is 0 Å². The predicted molar refractivity (Wildman–Crippen MR) is 62.2 cm³/mol. The van der Waals surface area contributed by atoms with E-state index in [0.717, 1.165) is 17.8 Å². The van der Waals surface area contributed by atoms with Gasteiger partial charge in [-0.05, 0) is 18.1 Å². The summed E-state index contributed by atoms with van der Waals surface area (Å²) in [5.41, 5.74) is 8.92. The SMILES string of the molecule is NC(=O)C1=NCN2C1=CCc1ccccc12. The molecular weight excluding hydrogens is 202 g/mol. The van der Waals surface area contributed by atoms with Gasteiger partial charge in [-0.15, -0.1) is 0 Å². The average Bonchev–Trinajstić information content (AvgIpc) is 2.73. The highest BCUT2D eigenvalue weighted by Crippen LogP contribution is 2.32. The van der Waals surface area contributed by atoms with Crippen LogP contribution >= 0.6 is 0 Å². The van der Waals surface area contributed by atoms with Gasteiger partial charge in [0.25, 0.3) is 5.91 Å². The van der Waals surface area contributed by atoms with Gasteiger partial charge in [0.15, 0.2) is 0 Å². The van der Waals surface area contributed by atoms with E-state index in [1.807, 2.05) is 29.2 Å². The molecule has 3 rings (SSSR count). The molecule has 0 saturated heterocycles. The van der Waals surface area contributed by atoms with E-state index in [4.69, 9.17) is 5.73 Å². The number of anilines is 1. The second kappa shape index (κ2) is 3.20. The molecule has 0 atom stereocenters. The van der Waals surface area contributed by atoms with E-state index in [0.29, 0.717) is 12.4 Å². The molecule has 2 aliphatic heterocycles. The van der Waals surface area contributed by atoms with Gasteiger partial charge < -0.3 is 10.6 Å². The standard InChI is InChI=1S/C12H11N3O/c13-12(16)11-10-6-5-8-3-1-2-4-9(8)15(10)7-14-11/h1-4,6H,5,7H2,(H2,13,16). The van der Waals surface area contributed by atoms with Gasteiger partial charge in [0.05, 0.1) is 5.70 Å². The number of fused-ring (bicyclic) bond motifs is 3. The molecule has 1 aromatic carbocycles. The van der Waals surface area contributed by atoms with Crippen LogP contribution in [0.4, 0.5) is 5.69 Å². The fourth-order valence-corrected chi connectivity index (χ4v) is 2.20. The van der Waals surface area contributed by atoms with Crippen LogP contribution in [0, 0.1) is 0 Å². The van der Waals surface area contributed by atoms with Gasteiger partial charge in [-0.3, -0.25) is 9.79 Å². The van der Waals surface area contributed by atoms with E-state index < -0.39 is 5.91 Å². The molecule has 0 bridgehead atoms. The Balaban J connectivity index is 2.05. The van der Waals surface area contributed by atoms with Crippen molar-refractivity contribution in [3.8, 4) is 0 Å². The number of nitrogens with zero attached hydrogens (tertiary/aromatic N) is 2. The van der Waals surface area contributed by atoms with Gasteiger partial charge in [0.2, 0.25) is 0 Å². The third-order valence-electron chi connectivity index (χ3n) is 2.93. The molecule has 0 radical (unpaired) electrons. The van der Waals surface area contributed by atoms with Crippen molar-refractivity contribution in [3.05, 3.63) is 41.6 Å². The van der Waals surface area contributed by atoms with E-state index in [2.05, 4.69) is 11.1 Å². The van der Waals surface area contributed by atoms with Crippen molar-refractivity contribution in [1.29, 1.82) is 0 Å². The maximum Gasteiger partial charge on any atom is 0.269 e. The minimum Gasteiger partial charge on any atom is -0.364 e. The van der Waals surface area contributed by atoms with Crippen LogP contribution in [0.1, 0.15) is 5.56 Å². The number of carbonyl (C=O) groups excluding carboxylic acids is 1. The molecule has 0 saturated carbocycles. The highest BCUT2D eigenvalue weighted by Gasteiger charge is 2.29. The van der Waals surface area contributed by atoms with Gasteiger partial charge >= 0.3 is 0 Å². The molecule has 0 unspecified atom stereocenters. The third kappa shape index (κ3) is 1.16. The first kappa shape index (κ1) is 9.15. The number of amides is 1. The van der Waals surface area contributed by atoms with Crippen molar-refractivity contribution in [2.45, 2.75) is 6.42 Å². The number of para-hydroxylation sites is 1. The summed E-state index contributed by atoms with van der Waals surface area (Å²) in [6.45, 7) is 0.487. The molecule has 4 nitrogen and oxygen atoms in total. The van der Waals surface area contributed by atoms with E-state index in [1.54, 1.807) is 0 Å². The molecule has 0 fully saturated rings. The number of aliphatic imine (C=N–C) groups is 1. The summed E-state index contributed by atoms with van der Waals surface area (Å²) in [6, 6.07) is 8.14. The number of hydrogen-bond acceptors (Lipinski definition) is 3. The summed E-state index contributed by atoms with van der Waals surface area (Å²) in [6.07, 6.45) is 2.84. The second-order valence-electron chi connectivity index (χ2n) is 3.86. The summed E-state index contributed by atoms with van der Waals surface area (Å²) >= 11 is 0. The number of allylic oxidation sites excluding steroid dienone is 1. The van der Waals surface area contributed by atoms with Crippen LogP contribution in [0.3, 0.4) is 0 Å². The fraction of sp³-hybridized carbons (Fsp3) is 0.167. The Hall–Kier alpha value is -2.10. The molecule has 1 amide bonds. The number of primary amides is 1. The van der Waals surface area contributed by atoms with Crippen molar-refractivity contribution in [2.24, 2.45) is 10.7 Å². The lowest BCUT2D eigenvalue weighted by Gasteiger charge is -2.26. The van der Waals surface area contributed by atoms with Crippen molar-refractivity contribution >= 4 is 17.3 Å². The van der Waals surface area contributed by atoms with Gasteiger partial charge in [0.1, 0.15) is 12.4 Å². The number of hydrogen-bond donors (Lipinski definition) is 1. The number of benzene rings is 1. The van der Waals surface area contributed by atoms with Crippen LogP contribution in [-0.4, -0.2) is 18.3 Å².